The number of methoxy groups -OCH3 is 2. The maximum absolute atomic E-state index is 10.3. The van der Waals surface area contributed by atoms with Crippen molar-refractivity contribution in [2.75, 3.05) is 36.7 Å². The Labute approximate surface area is 212 Å². The molecule has 0 spiro atoms. The molecular formula is C29H34N4O3. The fourth-order valence-corrected chi connectivity index (χ4v) is 4.06. The van der Waals surface area contributed by atoms with Gasteiger partial charge in [-0.2, -0.15) is 0 Å². The van der Waals surface area contributed by atoms with Crippen LogP contribution in [0.3, 0.4) is 0 Å². The van der Waals surface area contributed by atoms with Gasteiger partial charge in [0.15, 0.2) is 5.82 Å². The van der Waals surface area contributed by atoms with Crippen molar-refractivity contribution in [1.29, 1.82) is 0 Å². The van der Waals surface area contributed by atoms with Crippen molar-refractivity contribution in [3.05, 3.63) is 83.9 Å². The summed E-state index contributed by atoms with van der Waals surface area (Å²) in [5, 5.41) is 14.6. The van der Waals surface area contributed by atoms with Crippen molar-refractivity contribution in [2.45, 2.75) is 32.5 Å². The van der Waals surface area contributed by atoms with Crippen molar-refractivity contribution in [3.8, 4) is 11.5 Å². The van der Waals surface area contributed by atoms with Crippen LogP contribution >= 0.6 is 0 Å². The zero-order valence-electron chi connectivity index (χ0n) is 21.3. The molecule has 0 fully saturated rings. The number of aliphatic hydroxyl groups is 1. The molecule has 0 saturated heterocycles. The molecule has 4 rings (SSSR count). The number of hydrogen-bond donors (Lipinski definition) is 3. The SMILES string of the molecule is COc1ccc(CN(Cc2ccc(OC)cc2)c2nc3ccccc3c(NCC(C)(C)O)c2N)cc1. The van der Waals surface area contributed by atoms with E-state index < -0.39 is 5.60 Å². The third-order valence-electron chi connectivity index (χ3n) is 5.97. The number of hydrogen-bond acceptors (Lipinski definition) is 7. The normalized spacial score (nSPS) is 11.4. The summed E-state index contributed by atoms with van der Waals surface area (Å²) in [6, 6.07) is 23.9. The molecule has 0 amide bonds. The van der Waals surface area contributed by atoms with Crippen LogP contribution in [0.2, 0.25) is 0 Å². The van der Waals surface area contributed by atoms with Gasteiger partial charge in [0.25, 0.3) is 0 Å². The standard InChI is InChI=1S/C29H34N4O3/c1-29(2,34)19-31-27-24-7-5-6-8-25(24)32-28(26(27)30)33(17-20-9-13-22(35-3)14-10-20)18-21-11-15-23(36-4)16-12-21/h5-16,34H,17-19,30H2,1-4H3,(H,31,32). The Hall–Kier alpha value is -3.97. The van der Waals surface area contributed by atoms with Crippen molar-refractivity contribution < 1.29 is 14.6 Å². The zero-order valence-corrected chi connectivity index (χ0v) is 21.3. The molecule has 4 N–H and O–H groups in total. The first-order valence-corrected chi connectivity index (χ1v) is 11.9. The van der Waals surface area contributed by atoms with E-state index in [1.54, 1.807) is 28.1 Å². The Morgan fingerprint density at radius 3 is 1.89 bits per heavy atom. The van der Waals surface area contributed by atoms with Gasteiger partial charge < -0.3 is 30.5 Å². The lowest BCUT2D eigenvalue weighted by Gasteiger charge is -2.28. The maximum Gasteiger partial charge on any atom is 0.155 e. The summed E-state index contributed by atoms with van der Waals surface area (Å²) in [5.74, 6) is 2.29. The van der Waals surface area contributed by atoms with Gasteiger partial charge in [0.2, 0.25) is 0 Å². The van der Waals surface area contributed by atoms with Crippen LogP contribution in [0.15, 0.2) is 72.8 Å². The van der Waals surface area contributed by atoms with Gasteiger partial charge in [-0.05, 0) is 55.3 Å². The first-order valence-electron chi connectivity index (χ1n) is 11.9. The van der Waals surface area contributed by atoms with Crippen LogP contribution in [0.4, 0.5) is 17.2 Å². The molecular weight excluding hydrogens is 452 g/mol. The van der Waals surface area contributed by atoms with Crippen molar-refractivity contribution in [1.82, 2.24) is 4.98 Å². The molecule has 188 valence electrons. The largest absolute Gasteiger partial charge is 0.497 e. The lowest BCUT2D eigenvalue weighted by atomic mass is 10.1. The van der Waals surface area contributed by atoms with Gasteiger partial charge in [0.1, 0.15) is 11.5 Å². The third kappa shape index (κ3) is 5.98. The van der Waals surface area contributed by atoms with E-state index in [1.165, 1.54) is 0 Å². The summed E-state index contributed by atoms with van der Waals surface area (Å²) in [6.45, 7) is 5.06. The average Bonchev–Trinajstić information content (AvgIpc) is 2.88. The van der Waals surface area contributed by atoms with E-state index in [9.17, 15) is 5.11 Å². The first-order chi connectivity index (χ1) is 17.3. The topological polar surface area (TPSA) is 92.9 Å². The Morgan fingerprint density at radius 1 is 0.861 bits per heavy atom. The number of nitrogens with two attached hydrogens (primary N) is 1. The minimum absolute atomic E-state index is 0.349. The molecule has 0 radical (unpaired) electrons. The van der Waals surface area contributed by atoms with Crippen molar-refractivity contribution in [3.63, 3.8) is 0 Å². The molecule has 0 aliphatic heterocycles. The van der Waals surface area contributed by atoms with Crippen molar-refractivity contribution in [2.24, 2.45) is 0 Å². The highest BCUT2D eigenvalue weighted by Crippen LogP contribution is 2.37. The number of anilines is 3. The van der Waals surface area contributed by atoms with E-state index in [4.69, 9.17) is 20.2 Å². The van der Waals surface area contributed by atoms with Crippen LogP contribution in [0.1, 0.15) is 25.0 Å². The van der Waals surface area contributed by atoms with E-state index in [1.807, 2.05) is 72.8 Å². The lowest BCUT2D eigenvalue weighted by molar-refractivity contribution is 0.0946. The van der Waals surface area contributed by atoms with Gasteiger partial charge in [-0.1, -0.05) is 42.5 Å². The monoisotopic (exact) mass is 486 g/mol. The smallest absolute Gasteiger partial charge is 0.155 e. The van der Waals surface area contributed by atoms with Crippen LogP contribution in [0.5, 0.6) is 11.5 Å². The van der Waals surface area contributed by atoms with Crippen molar-refractivity contribution >= 4 is 28.1 Å². The molecule has 7 nitrogen and oxygen atoms in total. The summed E-state index contributed by atoms with van der Waals surface area (Å²) in [4.78, 5) is 7.16. The third-order valence-corrected chi connectivity index (χ3v) is 5.97. The number of nitrogen functional groups attached to an aromatic ring is 1. The molecule has 0 saturated carbocycles. The van der Waals surface area contributed by atoms with Gasteiger partial charge in [-0.3, -0.25) is 0 Å². The quantitative estimate of drug-likeness (QED) is 0.283. The summed E-state index contributed by atoms with van der Waals surface area (Å²) in [7, 11) is 3.32. The molecule has 0 unspecified atom stereocenters. The second-order valence-corrected chi connectivity index (χ2v) is 9.46. The molecule has 3 aromatic carbocycles. The zero-order chi connectivity index (χ0) is 25.7. The van der Waals surface area contributed by atoms with Gasteiger partial charge in [0, 0.05) is 25.0 Å². The molecule has 1 aromatic heterocycles. The Bertz CT molecular complexity index is 1250. The van der Waals surface area contributed by atoms with Crippen LogP contribution < -0.4 is 25.4 Å². The molecule has 36 heavy (non-hydrogen) atoms. The summed E-state index contributed by atoms with van der Waals surface area (Å²) >= 11 is 0. The fourth-order valence-electron chi connectivity index (χ4n) is 4.06. The maximum atomic E-state index is 10.3. The molecule has 0 atom stereocenters. The number of ether oxygens (including phenoxy) is 2. The number of nitrogens with one attached hydrogen (secondary N) is 1. The highest BCUT2D eigenvalue weighted by molar-refractivity contribution is 6.01. The molecule has 7 heteroatoms. The molecule has 4 aromatic rings. The second-order valence-electron chi connectivity index (χ2n) is 9.46. The number of nitrogens with zero attached hydrogens (tertiary/aromatic N) is 2. The number of para-hydroxylation sites is 1. The highest BCUT2D eigenvalue weighted by atomic mass is 16.5. The predicted molar refractivity (Wildman–Crippen MR) is 147 cm³/mol. The fraction of sp³-hybridized carbons (Fsp3) is 0.276. The Balaban J connectivity index is 1.78. The van der Waals surface area contributed by atoms with E-state index in [2.05, 4.69) is 10.2 Å². The summed E-state index contributed by atoms with van der Waals surface area (Å²) < 4.78 is 10.7. The van der Waals surface area contributed by atoms with Gasteiger partial charge in [-0.25, -0.2) is 4.98 Å². The van der Waals surface area contributed by atoms with Crippen LogP contribution in [-0.2, 0) is 13.1 Å². The lowest BCUT2D eigenvalue weighted by Crippen LogP contribution is -2.30. The van der Waals surface area contributed by atoms with E-state index in [0.717, 1.165) is 39.2 Å². The Kier molecular flexibility index (Phi) is 7.50. The minimum atomic E-state index is -0.900. The van der Waals surface area contributed by atoms with Gasteiger partial charge in [0.05, 0.1) is 36.7 Å². The molecule has 0 aliphatic rings. The Morgan fingerprint density at radius 2 is 1.39 bits per heavy atom. The molecule has 0 bridgehead atoms. The van der Waals surface area contributed by atoms with Crippen LogP contribution in [0, 0.1) is 0 Å². The van der Waals surface area contributed by atoms with Crippen LogP contribution in [-0.4, -0.2) is 36.5 Å². The first kappa shape index (κ1) is 25.1. The summed E-state index contributed by atoms with van der Waals surface area (Å²) in [6.07, 6.45) is 0. The number of rotatable bonds is 10. The van der Waals surface area contributed by atoms with Crippen LogP contribution in [0.25, 0.3) is 10.9 Å². The van der Waals surface area contributed by atoms with Gasteiger partial charge >= 0.3 is 0 Å². The van der Waals surface area contributed by atoms with Gasteiger partial charge in [-0.15, -0.1) is 0 Å². The molecule has 0 aliphatic carbocycles. The number of fused-ring (bicyclic) bond motifs is 1. The highest BCUT2D eigenvalue weighted by Gasteiger charge is 2.21. The number of benzene rings is 3. The predicted octanol–water partition coefficient (Wildman–Crippen LogP) is 5.22. The van der Waals surface area contributed by atoms with E-state index in [-0.39, 0.29) is 0 Å². The molecule has 1 heterocycles. The number of aromatic nitrogens is 1. The number of pyridine rings is 1. The minimum Gasteiger partial charge on any atom is -0.497 e. The average molecular weight is 487 g/mol. The van der Waals surface area contributed by atoms with E-state index in [0.29, 0.717) is 31.1 Å². The van der Waals surface area contributed by atoms with E-state index >= 15 is 0 Å². The summed E-state index contributed by atoms with van der Waals surface area (Å²) in [5.41, 5.74) is 10.2. The second kappa shape index (κ2) is 10.7.